The third kappa shape index (κ3) is 5.40. The molecule has 8 heteroatoms. The molecule has 1 saturated heterocycles. The molecule has 1 aromatic heterocycles. The lowest BCUT2D eigenvalue weighted by molar-refractivity contribution is 0.0919. The summed E-state index contributed by atoms with van der Waals surface area (Å²) in [6.07, 6.45) is 2.86. The second-order valence-electron chi connectivity index (χ2n) is 7.11. The van der Waals surface area contributed by atoms with Crippen molar-refractivity contribution in [1.29, 1.82) is 0 Å². The average molecular weight is 369 g/mol. The van der Waals surface area contributed by atoms with E-state index >= 15 is 0 Å². The highest BCUT2D eigenvalue weighted by Crippen LogP contribution is 2.17. The highest BCUT2D eigenvalue weighted by molar-refractivity contribution is 7.89. The number of carbonyl (C=O) groups is 1. The van der Waals surface area contributed by atoms with Crippen LogP contribution < -0.4 is 10.2 Å². The van der Waals surface area contributed by atoms with Crippen LogP contribution in [0.5, 0.6) is 0 Å². The van der Waals surface area contributed by atoms with E-state index in [1.54, 1.807) is 16.6 Å². The van der Waals surface area contributed by atoms with Crippen molar-refractivity contribution in [2.24, 2.45) is 5.92 Å². The molecule has 1 aromatic rings. The van der Waals surface area contributed by atoms with Crippen LogP contribution in [0.2, 0.25) is 0 Å². The summed E-state index contributed by atoms with van der Waals surface area (Å²) in [6, 6.07) is 3.56. The molecule has 0 radical (unpaired) electrons. The van der Waals surface area contributed by atoms with Crippen LogP contribution in [0.25, 0.3) is 0 Å². The van der Waals surface area contributed by atoms with E-state index in [0.29, 0.717) is 31.6 Å². The number of piperidine rings is 1. The first-order chi connectivity index (χ1) is 11.7. The van der Waals surface area contributed by atoms with E-state index in [4.69, 9.17) is 0 Å². The Bertz CT molecular complexity index is 696. The van der Waals surface area contributed by atoms with Crippen LogP contribution in [0.1, 0.15) is 37.2 Å². The molecule has 25 heavy (non-hydrogen) atoms. The van der Waals surface area contributed by atoms with Gasteiger partial charge in [0.25, 0.3) is 5.91 Å². The highest BCUT2D eigenvalue weighted by atomic mass is 32.2. The summed E-state index contributed by atoms with van der Waals surface area (Å²) in [5.74, 6) is 0.0651. The van der Waals surface area contributed by atoms with Crippen molar-refractivity contribution in [2.45, 2.75) is 32.7 Å². The average Bonchev–Trinajstić information content (AvgIpc) is 2.54. The predicted molar refractivity (Wildman–Crippen MR) is 99.3 cm³/mol. The van der Waals surface area contributed by atoms with Crippen LogP contribution in [0.4, 0.5) is 5.69 Å². The quantitative estimate of drug-likeness (QED) is 0.819. The predicted octanol–water partition coefficient (Wildman–Crippen LogP) is 1.33. The molecule has 1 N–H and O–H groups in total. The van der Waals surface area contributed by atoms with Crippen molar-refractivity contribution < 1.29 is 13.2 Å². The number of hydrogen-bond acceptors (Lipinski definition) is 5. The molecule has 0 atom stereocenters. The maximum atomic E-state index is 12.4. The van der Waals surface area contributed by atoms with Gasteiger partial charge in [-0.15, -0.1) is 0 Å². The van der Waals surface area contributed by atoms with Gasteiger partial charge in [-0.3, -0.25) is 9.78 Å². The lowest BCUT2D eigenvalue weighted by Crippen LogP contribution is -2.47. The number of rotatable bonds is 6. The number of nitrogens with one attached hydrogen (secondary N) is 1. The highest BCUT2D eigenvalue weighted by Gasteiger charge is 2.29. The molecule has 1 aliphatic heterocycles. The van der Waals surface area contributed by atoms with Gasteiger partial charge < -0.3 is 10.2 Å². The molecular formula is C17H28N4O3S. The summed E-state index contributed by atoms with van der Waals surface area (Å²) < 4.78 is 26.1. The first-order valence-corrected chi connectivity index (χ1v) is 10.2. The van der Waals surface area contributed by atoms with Crippen LogP contribution in [0.3, 0.4) is 0 Å². The monoisotopic (exact) mass is 368 g/mol. The summed E-state index contributed by atoms with van der Waals surface area (Å²) in [5.41, 5.74) is 1.29. The number of carbonyl (C=O) groups excluding carboxylic acids is 1. The molecule has 1 aliphatic rings. The third-order valence-corrected chi connectivity index (χ3v) is 6.46. The Morgan fingerprint density at radius 3 is 2.56 bits per heavy atom. The Morgan fingerprint density at radius 1 is 1.36 bits per heavy atom. The van der Waals surface area contributed by atoms with E-state index in [1.807, 2.05) is 38.9 Å². The molecule has 2 rings (SSSR count). The molecule has 0 spiro atoms. The molecule has 0 unspecified atom stereocenters. The molecule has 0 aliphatic carbocycles. The Balaban J connectivity index is 1.92. The first kappa shape index (κ1) is 19.7. The van der Waals surface area contributed by atoms with Crippen LogP contribution in [0.15, 0.2) is 18.3 Å². The molecule has 2 heterocycles. The van der Waals surface area contributed by atoms with Crippen LogP contribution >= 0.6 is 0 Å². The Morgan fingerprint density at radius 2 is 2.00 bits per heavy atom. The standard InChI is InChI=1S/C17H28N4O3S/c1-13(2)12-25(23,24)21-9-6-14(7-10-21)19-17(22)16-11-15(20(3)4)5-8-18-16/h5,8,11,13-14H,6-7,9-10,12H2,1-4H3,(H,19,22). The zero-order chi connectivity index (χ0) is 18.6. The number of pyridine rings is 1. The normalized spacial score (nSPS) is 16.8. The first-order valence-electron chi connectivity index (χ1n) is 8.61. The van der Waals surface area contributed by atoms with Crippen LogP contribution in [-0.4, -0.2) is 62.6 Å². The van der Waals surface area contributed by atoms with Crippen LogP contribution in [-0.2, 0) is 10.0 Å². The van der Waals surface area contributed by atoms with Crippen molar-refractivity contribution in [2.75, 3.05) is 37.8 Å². The maximum absolute atomic E-state index is 12.4. The summed E-state index contributed by atoms with van der Waals surface area (Å²) in [5, 5.41) is 2.97. The van der Waals surface area contributed by atoms with E-state index in [-0.39, 0.29) is 23.6 Å². The third-order valence-electron chi connectivity index (χ3n) is 4.22. The zero-order valence-corrected chi connectivity index (χ0v) is 16.2. The van der Waals surface area contributed by atoms with E-state index < -0.39 is 10.0 Å². The fourth-order valence-electron chi connectivity index (χ4n) is 2.89. The van der Waals surface area contributed by atoms with Gasteiger partial charge in [0.15, 0.2) is 0 Å². The number of anilines is 1. The second kappa shape index (κ2) is 8.14. The largest absolute Gasteiger partial charge is 0.378 e. The van der Waals surface area contributed by atoms with Crippen molar-refractivity contribution in [3.8, 4) is 0 Å². The second-order valence-corrected chi connectivity index (χ2v) is 9.13. The van der Waals surface area contributed by atoms with Gasteiger partial charge >= 0.3 is 0 Å². The smallest absolute Gasteiger partial charge is 0.270 e. The van der Waals surface area contributed by atoms with Gasteiger partial charge in [0.1, 0.15) is 5.69 Å². The van der Waals surface area contributed by atoms with E-state index in [2.05, 4.69) is 10.3 Å². The fourth-order valence-corrected chi connectivity index (χ4v) is 4.71. The van der Waals surface area contributed by atoms with Gasteiger partial charge in [-0.05, 0) is 30.9 Å². The Kier molecular flexibility index (Phi) is 6.40. The molecule has 0 bridgehead atoms. The van der Waals surface area contributed by atoms with Gasteiger partial charge in [-0.2, -0.15) is 0 Å². The molecular weight excluding hydrogens is 340 g/mol. The maximum Gasteiger partial charge on any atom is 0.270 e. The van der Waals surface area contributed by atoms with Crippen molar-refractivity contribution in [3.05, 3.63) is 24.0 Å². The topological polar surface area (TPSA) is 82.6 Å². The Hall–Kier alpha value is -1.67. The number of hydrogen-bond donors (Lipinski definition) is 1. The van der Waals surface area contributed by atoms with Gasteiger partial charge in [-0.25, -0.2) is 12.7 Å². The van der Waals surface area contributed by atoms with Gasteiger partial charge in [0.2, 0.25) is 10.0 Å². The van der Waals surface area contributed by atoms with Crippen LogP contribution in [0, 0.1) is 5.92 Å². The van der Waals surface area contributed by atoms with E-state index in [0.717, 1.165) is 5.69 Å². The number of nitrogens with zero attached hydrogens (tertiary/aromatic N) is 3. The molecule has 1 fully saturated rings. The lowest BCUT2D eigenvalue weighted by atomic mass is 10.1. The lowest BCUT2D eigenvalue weighted by Gasteiger charge is -2.32. The number of amides is 1. The summed E-state index contributed by atoms with van der Waals surface area (Å²) in [4.78, 5) is 18.4. The van der Waals surface area contributed by atoms with Crippen molar-refractivity contribution in [3.63, 3.8) is 0 Å². The van der Waals surface area contributed by atoms with Crippen molar-refractivity contribution in [1.82, 2.24) is 14.6 Å². The minimum Gasteiger partial charge on any atom is -0.378 e. The van der Waals surface area contributed by atoms with Crippen molar-refractivity contribution >= 4 is 21.6 Å². The minimum absolute atomic E-state index is 0.0252. The van der Waals surface area contributed by atoms with Gasteiger partial charge in [0, 0.05) is 45.1 Å². The molecule has 0 aromatic carbocycles. The Labute approximate surface area is 150 Å². The zero-order valence-electron chi connectivity index (χ0n) is 15.4. The summed E-state index contributed by atoms with van der Waals surface area (Å²) in [6.45, 7) is 4.70. The van der Waals surface area contributed by atoms with Gasteiger partial charge in [0.05, 0.1) is 5.75 Å². The SMILES string of the molecule is CC(C)CS(=O)(=O)N1CCC(NC(=O)c2cc(N(C)C)ccn2)CC1. The summed E-state index contributed by atoms with van der Waals surface area (Å²) >= 11 is 0. The minimum atomic E-state index is -3.20. The molecule has 1 amide bonds. The van der Waals surface area contributed by atoms with E-state index in [1.165, 1.54) is 0 Å². The number of aromatic nitrogens is 1. The molecule has 140 valence electrons. The molecule has 7 nitrogen and oxygen atoms in total. The molecule has 0 saturated carbocycles. The van der Waals surface area contributed by atoms with Gasteiger partial charge in [-0.1, -0.05) is 13.8 Å². The van der Waals surface area contributed by atoms with E-state index in [9.17, 15) is 13.2 Å². The summed E-state index contributed by atoms with van der Waals surface area (Å²) in [7, 11) is 0.615. The fraction of sp³-hybridized carbons (Fsp3) is 0.647. The number of sulfonamides is 1.